The van der Waals surface area contributed by atoms with E-state index >= 15 is 0 Å². The molecule has 1 aliphatic heterocycles. The third-order valence-electron chi connectivity index (χ3n) is 3.06. The zero-order valence-electron chi connectivity index (χ0n) is 11.7. The van der Waals surface area contributed by atoms with Crippen molar-refractivity contribution in [3.8, 4) is 11.5 Å². The predicted octanol–water partition coefficient (Wildman–Crippen LogP) is 1.37. The number of ether oxygens (including phenoxy) is 3. The number of hydrogen-bond donors (Lipinski definition) is 0. The highest BCUT2D eigenvalue weighted by Gasteiger charge is 2.34. The van der Waals surface area contributed by atoms with E-state index in [1.54, 1.807) is 32.0 Å². The van der Waals surface area contributed by atoms with Gasteiger partial charge < -0.3 is 14.2 Å². The molecule has 1 unspecified atom stereocenters. The molecule has 1 aromatic carbocycles. The van der Waals surface area contributed by atoms with Crippen LogP contribution in [0.3, 0.4) is 0 Å². The molecule has 0 N–H and O–H groups in total. The quantitative estimate of drug-likeness (QED) is 0.779. The highest BCUT2D eigenvalue weighted by Crippen LogP contribution is 2.36. The Hall–Kier alpha value is -2.24. The molecule has 1 aliphatic rings. The summed E-state index contributed by atoms with van der Waals surface area (Å²) >= 11 is 0. The lowest BCUT2D eigenvalue weighted by Gasteiger charge is -2.32. The van der Waals surface area contributed by atoms with Gasteiger partial charge in [0.1, 0.15) is 17.5 Å². The van der Waals surface area contributed by atoms with Crippen LogP contribution < -0.4 is 14.4 Å². The Kier molecular flexibility index (Phi) is 4.12. The predicted molar refractivity (Wildman–Crippen MR) is 72.1 cm³/mol. The molecule has 0 bridgehead atoms. The number of hydrogen-bond acceptors (Lipinski definition) is 5. The molecule has 0 fully saturated rings. The Bertz CT molecular complexity index is 528. The fraction of sp³-hybridized carbons (Fsp3) is 0.429. The summed E-state index contributed by atoms with van der Waals surface area (Å²) in [6.45, 7) is 3.53. The maximum absolute atomic E-state index is 12.1. The second-order valence-electron chi connectivity index (χ2n) is 4.31. The molecule has 0 spiro atoms. The van der Waals surface area contributed by atoms with Gasteiger partial charge in [-0.2, -0.15) is 0 Å². The molecule has 0 saturated carbocycles. The number of methoxy groups -OCH3 is 1. The number of carbonyl (C=O) groups is 2. The van der Waals surface area contributed by atoms with Crippen molar-refractivity contribution in [3.63, 3.8) is 0 Å². The summed E-state index contributed by atoms with van der Waals surface area (Å²) in [4.78, 5) is 25.3. The van der Waals surface area contributed by atoms with Crippen molar-refractivity contribution < 1.29 is 23.8 Å². The Labute approximate surface area is 117 Å². The average Bonchev–Trinajstić information content (AvgIpc) is 2.46. The number of rotatable bonds is 4. The SMILES string of the molecule is CCOC(=O)C(C)N1C(=O)COc2ccc(OC)cc21. The molecular formula is C14H17NO5. The Morgan fingerprint density at radius 1 is 1.50 bits per heavy atom. The van der Waals surface area contributed by atoms with Crippen molar-refractivity contribution in [1.29, 1.82) is 0 Å². The van der Waals surface area contributed by atoms with Crippen molar-refractivity contribution >= 4 is 17.6 Å². The van der Waals surface area contributed by atoms with Crippen LogP contribution in [0.2, 0.25) is 0 Å². The minimum atomic E-state index is -0.711. The Balaban J connectivity index is 2.38. The van der Waals surface area contributed by atoms with Gasteiger partial charge in [0.05, 0.1) is 19.4 Å². The first-order valence-corrected chi connectivity index (χ1v) is 6.38. The number of esters is 1. The molecule has 1 amide bonds. The number of carbonyl (C=O) groups excluding carboxylic acids is 2. The van der Waals surface area contributed by atoms with E-state index < -0.39 is 12.0 Å². The summed E-state index contributed by atoms with van der Waals surface area (Å²) in [7, 11) is 1.53. The first-order chi connectivity index (χ1) is 9.58. The van der Waals surface area contributed by atoms with Crippen LogP contribution >= 0.6 is 0 Å². The molecular weight excluding hydrogens is 262 g/mol. The average molecular weight is 279 g/mol. The van der Waals surface area contributed by atoms with Gasteiger partial charge in [0.2, 0.25) is 0 Å². The van der Waals surface area contributed by atoms with Gasteiger partial charge in [-0.25, -0.2) is 4.79 Å². The number of fused-ring (bicyclic) bond motifs is 1. The lowest BCUT2D eigenvalue weighted by molar-refractivity contribution is -0.145. The minimum absolute atomic E-state index is 0.0942. The van der Waals surface area contributed by atoms with Gasteiger partial charge in [0, 0.05) is 6.07 Å². The van der Waals surface area contributed by atoms with Crippen LogP contribution in [-0.2, 0) is 14.3 Å². The molecule has 0 aliphatic carbocycles. The summed E-state index contributed by atoms with van der Waals surface area (Å²) in [6.07, 6.45) is 0. The second kappa shape index (κ2) is 5.81. The van der Waals surface area contributed by atoms with Gasteiger partial charge in [-0.15, -0.1) is 0 Å². The van der Waals surface area contributed by atoms with Crippen LogP contribution in [0.5, 0.6) is 11.5 Å². The third kappa shape index (κ3) is 2.54. The number of benzene rings is 1. The Morgan fingerprint density at radius 3 is 2.90 bits per heavy atom. The van der Waals surface area contributed by atoms with E-state index in [9.17, 15) is 9.59 Å². The summed E-state index contributed by atoms with van der Waals surface area (Å²) in [5, 5.41) is 0. The van der Waals surface area contributed by atoms with Crippen molar-refractivity contribution in [2.45, 2.75) is 19.9 Å². The van der Waals surface area contributed by atoms with E-state index in [4.69, 9.17) is 14.2 Å². The minimum Gasteiger partial charge on any atom is -0.497 e. The highest BCUT2D eigenvalue weighted by atomic mass is 16.5. The van der Waals surface area contributed by atoms with Crippen molar-refractivity contribution in [3.05, 3.63) is 18.2 Å². The third-order valence-corrected chi connectivity index (χ3v) is 3.06. The molecule has 20 heavy (non-hydrogen) atoms. The van der Waals surface area contributed by atoms with Gasteiger partial charge in [0.15, 0.2) is 6.61 Å². The van der Waals surface area contributed by atoms with Crippen LogP contribution in [0.25, 0.3) is 0 Å². The highest BCUT2D eigenvalue weighted by molar-refractivity contribution is 6.02. The molecule has 6 heteroatoms. The first kappa shape index (κ1) is 14.2. The van der Waals surface area contributed by atoms with Gasteiger partial charge >= 0.3 is 5.97 Å². The standard InChI is InChI=1S/C14H17NO5/c1-4-19-14(17)9(2)15-11-7-10(18-3)5-6-12(11)20-8-13(15)16/h5-7,9H,4,8H2,1-3H3. The summed E-state index contributed by atoms with van der Waals surface area (Å²) in [6, 6.07) is 4.41. The lowest BCUT2D eigenvalue weighted by atomic mass is 10.1. The number of nitrogens with zero attached hydrogens (tertiary/aromatic N) is 1. The first-order valence-electron chi connectivity index (χ1n) is 6.38. The molecule has 108 valence electrons. The van der Waals surface area contributed by atoms with Gasteiger partial charge in [-0.05, 0) is 26.0 Å². The fourth-order valence-electron chi connectivity index (χ4n) is 2.07. The fourth-order valence-corrected chi connectivity index (χ4v) is 2.07. The van der Waals surface area contributed by atoms with E-state index in [1.807, 2.05) is 0 Å². The normalized spacial score (nSPS) is 15.2. The second-order valence-corrected chi connectivity index (χ2v) is 4.31. The Morgan fingerprint density at radius 2 is 2.25 bits per heavy atom. The summed E-state index contributed by atoms with van der Waals surface area (Å²) in [5.41, 5.74) is 0.515. The van der Waals surface area contributed by atoms with Crippen LogP contribution in [0.15, 0.2) is 18.2 Å². The monoisotopic (exact) mass is 279 g/mol. The van der Waals surface area contributed by atoms with Crippen LogP contribution in [0, 0.1) is 0 Å². The van der Waals surface area contributed by atoms with Gasteiger partial charge in [0.25, 0.3) is 5.91 Å². The van der Waals surface area contributed by atoms with Crippen molar-refractivity contribution in [1.82, 2.24) is 0 Å². The molecule has 0 saturated heterocycles. The molecule has 6 nitrogen and oxygen atoms in total. The smallest absolute Gasteiger partial charge is 0.328 e. The van der Waals surface area contributed by atoms with Gasteiger partial charge in [-0.1, -0.05) is 0 Å². The molecule has 0 radical (unpaired) electrons. The zero-order chi connectivity index (χ0) is 14.7. The van der Waals surface area contributed by atoms with Crippen molar-refractivity contribution in [2.75, 3.05) is 25.2 Å². The summed E-state index contributed by atoms with van der Waals surface area (Å²) < 4.78 is 15.5. The largest absolute Gasteiger partial charge is 0.497 e. The van der Waals surface area contributed by atoms with E-state index in [1.165, 1.54) is 12.0 Å². The molecule has 1 atom stereocenters. The molecule has 1 aromatic rings. The molecule has 1 heterocycles. The lowest BCUT2D eigenvalue weighted by Crippen LogP contribution is -2.48. The maximum Gasteiger partial charge on any atom is 0.328 e. The van der Waals surface area contributed by atoms with E-state index in [-0.39, 0.29) is 19.1 Å². The van der Waals surface area contributed by atoms with E-state index in [0.29, 0.717) is 17.2 Å². The van der Waals surface area contributed by atoms with Crippen LogP contribution in [-0.4, -0.2) is 38.2 Å². The molecule has 0 aromatic heterocycles. The molecule has 2 rings (SSSR count). The van der Waals surface area contributed by atoms with Crippen LogP contribution in [0.4, 0.5) is 5.69 Å². The number of anilines is 1. The number of amides is 1. The summed E-state index contributed by atoms with van der Waals surface area (Å²) in [5.74, 6) is 0.396. The van der Waals surface area contributed by atoms with Crippen LogP contribution in [0.1, 0.15) is 13.8 Å². The van der Waals surface area contributed by atoms with E-state index in [2.05, 4.69) is 0 Å². The van der Waals surface area contributed by atoms with E-state index in [0.717, 1.165) is 0 Å². The zero-order valence-corrected chi connectivity index (χ0v) is 11.7. The topological polar surface area (TPSA) is 65.1 Å². The maximum atomic E-state index is 12.1. The van der Waals surface area contributed by atoms with Crippen molar-refractivity contribution in [2.24, 2.45) is 0 Å². The van der Waals surface area contributed by atoms with Gasteiger partial charge in [-0.3, -0.25) is 9.69 Å².